The van der Waals surface area contributed by atoms with Gasteiger partial charge in [0.05, 0.1) is 8.95 Å². The summed E-state index contributed by atoms with van der Waals surface area (Å²) < 4.78 is 7.51. The Balaban J connectivity index is 2.07. The van der Waals surface area contributed by atoms with Crippen molar-refractivity contribution >= 4 is 48.3 Å². The summed E-state index contributed by atoms with van der Waals surface area (Å²) >= 11 is 8.35. The predicted molar refractivity (Wildman–Crippen MR) is 75.6 cm³/mol. The second kappa shape index (κ2) is 5.79. The summed E-state index contributed by atoms with van der Waals surface area (Å²) in [5, 5.41) is 12.5. The zero-order chi connectivity index (χ0) is 12.3. The molecule has 0 amide bonds. The van der Waals surface area contributed by atoms with E-state index in [9.17, 15) is 0 Å². The van der Waals surface area contributed by atoms with E-state index in [1.54, 1.807) is 0 Å². The minimum absolute atomic E-state index is 0.403. The second-order valence-electron chi connectivity index (χ2n) is 3.09. The van der Waals surface area contributed by atoms with E-state index >= 15 is 0 Å². The Hall–Kier alpha value is -0.660. The van der Waals surface area contributed by atoms with Crippen LogP contribution in [0.5, 0.6) is 5.75 Å². The van der Waals surface area contributed by atoms with Gasteiger partial charge in [-0.25, -0.2) is 0 Å². The molecule has 0 atom stereocenters. The molecule has 7 heteroatoms. The molecule has 90 valence electrons. The number of aromatic nitrogens is 2. The molecule has 17 heavy (non-hydrogen) atoms. The van der Waals surface area contributed by atoms with Gasteiger partial charge in [-0.3, -0.25) is 0 Å². The van der Waals surface area contributed by atoms with Crippen molar-refractivity contribution in [2.24, 2.45) is 0 Å². The zero-order valence-corrected chi connectivity index (χ0v) is 12.9. The van der Waals surface area contributed by atoms with Gasteiger partial charge in [0, 0.05) is 7.05 Å². The Labute approximate surface area is 120 Å². The summed E-state index contributed by atoms with van der Waals surface area (Å²) in [5.74, 6) is 0.772. The Bertz CT molecular complexity index is 498. The molecule has 4 nitrogen and oxygen atoms in total. The molecular formula is C10H9Br2N3OS. The average molecular weight is 379 g/mol. The number of benzene rings is 1. The fourth-order valence-electron chi connectivity index (χ4n) is 1.17. The number of halogens is 2. The Morgan fingerprint density at radius 2 is 2.00 bits per heavy atom. The van der Waals surface area contributed by atoms with Crippen molar-refractivity contribution in [3.63, 3.8) is 0 Å². The van der Waals surface area contributed by atoms with Gasteiger partial charge in [-0.15, -0.1) is 10.2 Å². The van der Waals surface area contributed by atoms with Gasteiger partial charge in [-0.1, -0.05) is 17.4 Å². The Morgan fingerprint density at radius 3 is 2.59 bits per heavy atom. The molecule has 0 aliphatic rings. The van der Waals surface area contributed by atoms with E-state index in [1.807, 2.05) is 25.2 Å². The van der Waals surface area contributed by atoms with Crippen molar-refractivity contribution in [3.05, 3.63) is 32.2 Å². The molecule has 1 aromatic heterocycles. The SMILES string of the molecule is CNc1nnc(COc2c(Br)cccc2Br)s1. The maximum Gasteiger partial charge on any atom is 0.205 e. The molecule has 0 unspecified atom stereocenters. The van der Waals surface area contributed by atoms with Gasteiger partial charge >= 0.3 is 0 Å². The van der Waals surface area contributed by atoms with Crippen LogP contribution in [0.1, 0.15) is 5.01 Å². The number of nitrogens with zero attached hydrogens (tertiary/aromatic N) is 2. The first-order chi connectivity index (χ1) is 8.20. The van der Waals surface area contributed by atoms with Crippen LogP contribution >= 0.6 is 43.2 Å². The number of anilines is 1. The summed E-state index contributed by atoms with van der Waals surface area (Å²) in [7, 11) is 1.82. The third-order valence-electron chi connectivity index (χ3n) is 1.94. The maximum absolute atomic E-state index is 5.70. The van der Waals surface area contributed by atoms with Crippen molar-refractivity contribution in [3.8, 4) is 5.75 Å². The van der Waals surface area contributed by atoms with Crippen LogP contribution < -0.4 is 10.1 Å². The minimum Gasteiger partial charge on any atom is -0.484 e. The Morgan fingerprint density at radius 1 is 1.29 bits per heavy atom. The normalized spacial score (nSPS) is 10.3. The van der Waals surface area contributed by atoms with Crippen molar-refractivity contribution in [1.29, 1.82) is 0 Å². The van der Waals surface area contributed by atoms with Crippen molar-refractivity contribution in [2.45, 2.75) is 6.61 Å². The lowest BCUT2D eigenvalue weighted by Crippen LogP contribution is -1.96. The van der Waals surface area contributed by atoms with Gasteiger partial charge in [0.1, 0.15) is 12.4 Å². The Kier molecular flexibility index (Phi) is 4.36. The van der Waals surface area contributed by atoms with Gasteiger partial charge in [0.15, 0.2) is 5.01 Å². The van der Waals surface area contributed by atoms with Gasteiger partial charge in [-0.2, -0.15) is 0 Å². The highest BCUT2D eigenvalue weighted by Gasteiger charge is 2.08. The van der Waals surface area contributed by atoms with Gasteiger partial charge in [-0.05, 0) is 44.0 Å². The molecule has 0 fully saturated rings. The third kappa shape index (κ3) is 3.17. The lowest BCUT2D eigenvalue weighted by Gasteiger charge is -2.07. The molecule has 0 bridgehead atoms. The summed E-state index contributed by atoms with van der Waals surface area (Å²) in [6.07, 6.45) is 0. The maximum atomic E-state index is 5.70. The molecule has 1 heterocycles. The van der Waals surface area contributed by atoms with Gasteiger partial charge in [0.25, 0.3) is 0 Å². The molecule has 0 spiro atoms. The highest BCUT2D eigenvalue weighted by Crippen LogP contribution is 2.33. The molecule has 0 saturated heterocycles. The van der Waals surface area contributed by atoms with Crippen LogP contribution in [0.2, 0.25) is 0 Å². The number of hydrogen-bond donors (Lipinski definition) is 1. The minimum atomic E-state index is 0.403. The van der Waals surface area contributed by atoms with E-state index in [1.165, 1.54) is 11.3 Å². The molecule has 2 rings (SSSR count). The first kappa shape index (κ1) is 12.8. The van der Waals surface area contributed by atoms with Crippen molar-refractivity contribution < 1.29 is 4.74 Å². The topological polar surface area (TPSA) is 47.0 Å². The number of para-hydroxylation sites is 1. The van der Waals surface area contributed by atoms with Crippen LogP contribution in [-0.2, 0) is 6.61 Å². The summed E-state index contributed by atoms with van der Waals surface area (Å²) in [5.41, 5.74) is 0. The molecular weight excluding hydrogens is 370 g/mol. The standard InChI is InChI=1S/C10H9Br2N3OS/c1-13-10-15-14-8(17-10)5-16-9-6(11)3-2-4-7(9)12/h2-4H,5H2,1H3,(H,13,15). The van der Waals surface area contributed by atoms with Crippen LogP contribution in [-0.4, -0.2) is 17.2 Å². The third-order valence-corrected chi connectivity index (χ3v) is 4.10. The summed E-state index contributed by atoms with van der Waals surface area (Å²) in [6, 6.07) is 5.80. The summed E-state index contributed by atoms with van der Waals surface area (Å²) in [6.45, 7) is 0.403. The molecule has 0 aliphatic heterocycles. The van der Waals surface area contributed by atoms with Gasteiger partial charge < -0.3 is 10.1 Å². The van der Waals surface area contributed by atoms with E-state index in [-0.39, 0.29) is 0 Å². The molecule has 1 aromatic carbocycles. The monoisotopic (exact) mass is 377 g/mol. The van der Waals surface area contributed by atoms with E-state index < -0.39 is 0 Å². The van der Waals surface area contributed by atoms with Gasteiger partial charge in [0.2, 0.25) is 5.13 Å². The van der Waals surface area contributed by atoms with E-state index in [0.29, 0.717) is 6.61 Å². The average Bonchev–Trinajstić information content (AvgIpc) is 2.76. The highest BCUT2D eigenvalue weighted by molar-refractivity contribution is 9.11. The van der Waals surface area contributed by atoms with Crippen LogP contribution in [0, 0.1) is 0 Å². The predicted octanol–water partition coefficient (Wildman–Crippen LogP) is 3.68. The van der Waals surface area contributed by atoms with Crippen molar-refractivity contribution in [1.82, 2.24) is 10.2 Å². The molecule has 0 radical (unpaired) electrons. The largest absolute Gasteiger partial charge is 0.484 e. The van der Waals surface area contributed by atoms with Crippen LogP contribution in [0.15, 0.2) is 27.1 Å². The lowest BCUT2D eigenvalue weighted by atomic mass is 10.3. The molecule has 0 aliphatic carbocycles. The molecule has 0 saturated carbocycles. The van der Waals surface area contributed by atoms with Crippen LogP contribution in [0.25, 0.3) is 0 Å². The fraction of sp³-hybridized carbons (Fsp3) is 0.200. The number of ether oxygens (including phenoxy) is 1. The first-order valence-corrected chi connectivity index (χ1v) is 7.18. The smallest absolute Gasteiger partial charge is 0.205 e. The quantitative estimate of drug-likeness (QED) is 0.881. The summed E-state index contributed by atoms with van der Waals surface area (Å²) in [4.78, 5) is 0. The van der Waals surface area contributed by atoms with E-state index in [0.717, 1.165) is 24.8 Å². The van der Waals surface area contributed by atoms with E-state index in [4.69, 9.17) is 4.74 Å². The van der Waals surface area contributed by atoms with E-state index in [2.05, 4.69) is 47.4 Å². The molecule has 1 N–H and O–H groups in total. The second-order valence-corrected chi connectivity index (χ2v) is 5.86. The number of nitrogens with one attached hydrogen (secondary N) is 1. The van der Waals surface area contributed by atoms with Crippen molar-refractivity contribution in [2.75, 3.05) is 12.4 Å². The fourth-order valence-corrected chi connectivity index (χ4v) is 3.00. The highest BCUT2D eigenvalue weighted by atomic mass is 79.9. The number of hydrogen-bond acceptors (Lipinski definition) is 5. The zero-order valence-electron chi connectivity index (χ0n) is 8.91. The lowest BCUT2D eigenvalue weighted by molar-refractivity contribution is 0.300. The first-order valence-electron chi connectivity index (χ1n) is 4.77. The van der Waals surface area contributed by atoms with Crippen LogP contribution in [0.3, 0.4) is 0 Å². The van der Waals surface area contributed by atoms with Crippen LogP contribution in [0.4, 0.5) is 5.13 Å². The molecule has 2 aromatic rings. The number of rotatable bonds is 4.